The van der Waals surface area contributed by atoms with Crippen molar-refractivity contribution in [2.45, 2.75) is 4.90 Å². The second-order valence-electron chi connectivity index (χ2n) is 5.37. The van der Waals surface area contributed by atoms with Gasteiger partial charge in [0.1, 0.15) is 0 Å². The molecule has 7 nitrogen and oxygen atoms in total. The molecule has 0 aliphatic heterocycles. The van der Waals surface area contributed by atoms with Gasteiger partial charge in [0.25, 0.3) is 5.91 Å². The lowest BCUT2D eigenvalue weighted by atomic mass is 10.2. The highest BCUT2D eigenvalue weighted by Gasteiger charge is 2.15. The summed E-state index contributed by atoms with van der Waals surface area (Å²) in [5, 5.41) is 2.63. The molecular weight excluding hydrogens is 450 g/mol. The van der Waals surface area contributed by atoms with Crippen molar-refractivity contribution in [3.8, 4) is 17.2 Å². The second-order valence-corrected chi connectivity index (χ2v) is 7.33. The molecule has 0 radical (unpaired) electrons. The largest absolute Gasteiger partial charge is 0.493 e. The van der Waals surface area contributed by atoms with Crippen LogP contribution in [0.5, 0.6) is 17.2 Å². The third-order valence-corrected chi connectivity index (χ3v) is 5.00. The van der Waals surface area contributed by atoms with Crippen LogP contribution >= 0.6 is 27.7 Å². The van der Waals surface area contributed by atoms with Crippen LogP contribution < -0.4 is 19.5 Å². The molecule has 0 spiro atoms. The Morgan fingerprint density at radius 3 is 2.14 bits per heavy atom. The number of amides is 1. The average Bonchev–Trinajstić information content (AvgIpc) is 2.71. The standard InChI is InChI=1S/C19H20BrNO6S/c1-24-15-8-13(9-16(25-2)19(15)26-3)21-17(22)10-27-18(23)11-28-14-6-4-12(20)5-7-14/h4-9H,10-11H2,1-3H3,(H,21,22). The number of hydrogen-bond acceptors (Lipinski definition) is 7. The first-order valence-electron chi connectivity index (χ1n) is 8.10. The Kier molecular flexibility index (Phi) is 8.46. The molecule has 0 heterocycles. The highest BCUT2D eigenvalue weighted by molar-refractivity contribution is 9.10. The Balaban J connectivity index is 1.86. The third-order valence-electron chi connectivity index (χ3n) is 3.48. The van der Waals surface area contributed by atoms with Crippen LogP contribution in [0.15, 0.2) is 45.8 Å². The van der Waals surface area contributed by atoms with Crippen LogP contribution in [0.4, 0.5) is 5.69 Å². The second kappa shape index (κ2) is 10.8. The van der Waals surface area contributed by atoms with Crippen LogP contribution in [0.1, 0.15) is 0 Å². The molecule has 0 bridgehead atoms. The van der Waals surface area contributed by atoms with Gasteiger partial charge in [0.15, 0.2) is 18.1 Å². The number of carbonyl (C=O) groups is 2. The summed E-state index contributed by atoms with van der Waals surface area (Å²) in [7, 11) is 4.45. The molecule has 2 rings (SSSR count). The van der Waals surface area contributed by atoms with Crippen LogP contribution in [0.25, 0.3) is 0 Å². The zero-order chi connectivity index (χ0) is 20.5. The van der Waals surface area contributed by atoms with E-state index in [1.807, 2.05) is 24.3 Å². The van der Waals surface area contributed by atoms with Crippen LogP contribution in [-0.2, 0) is 14.3 Å². The SMILES string of the molecule is COc1cc(NC(=O)COC(=O)CSc2ccc(Br)cc2)cc(OC)c1OC. The minimum absolute atomic E-state index is 0.110. The summed E-state index contributed by atoms with van der Waals surface area (Å²) in [5.74, 6) is 0.378. The molecule has 0 aliphatic rings. The maximum Gasteiger partial charge on any atom is 0.316 e. The van der Waals surface area contributed by atoms with Crippen LogP contribution in [-0.4, -0.2) is 45.6 Å². The van der Waals surface area contributed by atoms with Crippen molar-refractivity contribution in [1.82, 2.24) is 0 Å². The van der Waals surface area contributed by atoms with Crippen molar-refractivity contribution in [2.75, 3.05) is 39.0 Å². The number of rotatable bonds is 9. The van der Waals surface area contributed by atoms with Crippen molar-refractivity contribution in [2.24, 2.45) is 0 Å². The molecule has 0 saturated heterocycles. The molecule has 150 valence electrons. The van der Waals surface area contributed by atoms with Gasteiger partial charge in [-0.25, -0.2) is 0 Å². The van der Waals surface area contributed by atoms with Gasteiger partial charge >= 0.3 is 5.97 Å². The normalized spacial score (nSPS) is 10.1. The van der Waals surface area contributed by atoms with E-state index in [4.69, 9.17) is 18.9 Å². The van der Waals surface area contributed by atoms with E-state index in [2.05, 4.69) is 21.2 Å². The van der Waals surface area contributed by atoms with Gasteiger partial charge in [-0.2, -0.15) is 0 Å². The molecule has 0 atom stereocenters. The first-order chi connectivity index (χ1) is 13.5. The number of anilines is 1. The van der Waals surface area contributed by atoms with Crippen molar-refractivity contribution >= 4 is 45.3 Å². The Bertz CT molecular complexity index is 803. The number of hydrogen-bond donors (Lipinski definition) is 1. The Morgan fingerprint density at radius 1 is 1.00 bits per heavy atom. The van der Waals surface area contributed by atoms with E-state index in [0.717, 1.165) is 9.37 Å². The number of ether oxygens (including phenoxy) is 4. The van der Waals surface area contributed by atoms with Gasteiger partial charge in [-0.05, 0) is 24.3 Å². The summed E-state index contributed by atoms with van der Waals surface area (Å²) in [5.41, 5.74) is 0.430. The van der Waals surface area contributed by atoms with Gasteiger partial charge in [0, 0.05) is 27.2 Å². The smallest absolute Gasteiger partial charge is 0.316 e. The topological polar surface area (TPSA) is 83.1 Å². The Labute approximate surface area is 175 Å². The number of esters is 1. The lowest BCUT2D eigenvalue weighted by molar-refractivity contribution is -0.144. The third kappa shape index (κ3) is 6.35. The van der Waals surface area contributed by atoms with Crippen LogP contribution in [0, 0.1) is 0 Å². The fourth-order valence-corrected chi connectivity index (χ4v) is 3.17. The van der Waals surface area contributed by atoms with E-state index in [1.54, 1.807) is 12.1 Å². The number of halogens is 1. The zero-order valence-corrected chi connectivity index (χ0v) is 18.0. The molecule has 9 heteroatoms. The lowest BCUT2D eigenvalue weighted by Gasteiger charge is -2.14. The molecule has 0 fully saturated rings. The van der Waals surface area contributed by atoms with Gasteiger partial charge < -0.3 is 24.3 Å². The van der Waals surface area contributed by atoms with Gasteiger partial charge in [0.05, 0.1) is 27.1 Å². The van der Waals surface area contributed by atoms with Crippen molar-refractivity contribution in [3.63, 3.8) is 0 Å². The number of methoxy groups -OCH3 is 3. The predicted molar refractivity (Wildman–Crippen MR) is 111 cm³/mol. The predicted octanol–water partition coefficient (Wildman–Crippen LogP) is 3.75. The van der Waals surface area contributed by atoms with E-state index in [1.165, 1.54) is 33.1 Å². The minimum atomic E-state index is -0.479. The van der Waals surface area contributed by atoms with Crippen molar-refractivity contribution in [3.05, 3.63) is 40.9 Å². The molecule has 28 heavy (non-hydrogen) atoms. The average molecular weight is 470 g/mol. The molecular formula is C19H20BrNO6S. The number of thioether (sulfide) groups is 1. The fraction of sp³-hybridized carbons (Fsp3) is 0.263. The van der Waals surface area contributed by atoms with Gasteiger partial charge in [0.2, 0.25) is 5.75 Å². The van der Waals surface area contributed by atoms with Gasteiger partial charge in [-0.3, -0.25) is 9.59 Å². The van der Waals surface area contributed by atoms with Crippen molar-refractivity contribution in [1.29, 1.82) is 0 Å². The quantitative estimate of drug-likeness (QED) is 0.442. The highest BCUT2D eigenvalue weighted by atomic mass is 79.9. The van der Waals surface area contributed by atoms with E-state index >= 15 is 0 Å². The number of benzene rings is 2. The van der Waals surface area contributed by atoms with Crippen molar-refractivity contribution < 1.29 is 28.5 Å². The molecule has 0 saturated carbocycles. The highest BCUT2D eigenvalue weighted by Crippen LogP contribution is 2.39. The summed E-state index contributed by atoms with van der Waals surface area (Å²) in [6.07, 6.45) is 0. The summed E-state index contributed by atoms with van der Waals surface area (Å²) in [4.78, 5) is 24.8. The fourth-order valence-electron chi connectivity index (χ4n) is 2.21. The molecule has 1 N–H and O–H groups in total. The molecule has 0 unspecified atom stereocenters. The van der Waals surface area contributed by atoms with E-state index in [9.17, 15) is 9.59 Å². The molecule has 2 aromatic rings. The molecule has 0 aliphatic carbocycles. The Morgan fingerprint density at radius 2 is 1.61 bits per heavy atom. The summed E-state index contributed by atoms with van der Waals surface area (Å²) in [6.45, 7) is -0.392. The first kappa shape index (κ1) is 21.9. The minimum Gasteiger partial charge on any atom is -0.493 e. The molecule has 2 aromatic carbocycles. The van der Waals surface area contributed by atoms with E-state index < -0.39 is 18.5 Å². The number of nitrogens with one attached hydrogen (secondary N) is 1. The number of carbonyl (C=O) groups excluding carboxylic acids is 2. The summed E-state index contributed by atoms with van der Waals surface area (Å²) >= 11 is 4.68. The first-order valence-corrected chi connectivity index (χ1v) is 9.88. The maximum atomic E-state index is 12.1. The zero-order valence-electron chi connectivity index (χ0n) is 15.6. The van der Waals surface area contributed by atoms with E-state index in [0.29, 0.717) is 22.9 Å². The lowest BCUT2D eigenvalue weighted by Crippen LogP contribution is -2.21. The summed E-state index contributed by atoms with van der Waals surface area (Å²) < 4.78 is 21.7. The molecule has 1 amide bonds. The maximum absolute atomic E-state index is 12.1. The Hall–Kier alpha value is -2.39. The molecule has 0 aromatic heterocycles. The van der Waals surface area contributed by atoms with Crippen LogP contribution in [0.2, 0.25) is 0 Å². The van der Waals surface area contributed by atoms with Gasteiger partial charge in [-0.1, -0.05) is 15.9 Å². The summed E-state index contributed by atoms with van der Waals surface area (Å²) in [6, 6.07) is 10.7. The van der Waals surface area contributed by atoms with Gasteiger partial charge in [-0.15, -0.1) is 11.8 Å². The monoisotopic (exact) mass is 469 g/mol. The van der Waals surface area contributed by atoms with E-state index in [-0.39, 0.29) is 5.75 Å². The van der Waals surface area contributed by atoms with Crippen LogP contribution in [0.3, 0.4) is 0 Å².